The van der Waals surface area contributed by atoms with Crippen LogP contribution < -0.4 is 5.73 Å². The van der Waals surface area contributed by atoms with E-state index in [0.29, 0.717) is 6.10 Å². The number of hydrogen-bond donors (Lipinski definition) is 1. The molecule has 2 nitrogen and oxygen atoms in total. The van der Waals surface area contributed by atoms with Gasteiger partial charge < -0.3 is 10.5 Å². The summed E-state index contributed by atoms with van der Waals surface area (Å²) in [6.45, 7) is 2.09. The molecular formula is C15H21NOS. The fourth-order valence-electron chi connectivity index (χ4n) is 2.14. The highest BCUT2D eigenvalue weighted by Crippen LogP contribution is 2.26. The monoisotopic (exact) mass is 263 g/mol. The topological polar surface area (TPSA) is 35.2 Å². The maximum atomic E-state index is 6.21. The van der Waals surface area contributed by atoms with E-state index in [1.165, 1.54) is 15.6 Å². The van der Waals surface area contributed by atoms with Crippen molar-refractivity contribution in [3.63, 3.8) is 0 Å². The molecule has 0 spiro atoms. The van der Waals surface area contributed by atoms with Gasteiger partial charge in [0, 0.05) is 17.9 Å². The Labute approximate surface area is 113 Å². The van der Waals surface area contributed by atoms with Crippen LogP contribution in [0, 0.1) is 0 Å². The predicted molar refractivity (Wildman–Crippen MR) is 79.2 cm³/mol. The summed E-state index contributed by atoms with van der Waals surface area (Å²) >= 11 is 1.80. The van der Waals surface area contributed by atoms with Crippen molar-refractivity contribution >= 4 is 21.4 Å². The molecule has 0 aliphatic heterocycles. The normalized spacial score (nSPS) is 14.8. The predicted octanol–water partition coefficient (Wildman–Crippen LogP) is 3.59. The van der Waals surface area contributed by atoms with Crippen molar-refractivity contribution in [2.75, 3.05) is 7.11 Å². The first-order chi connectivity index (χ1) is 8.70. The molecule has 0 fully saturated rings. The van der Waals surface area contributed by atoms with E-state index in [1.807, 2.05) is 0 Å². The Bertz CT molecular complexity index is 494. The highest BCUT2D eigenvalue weighted by Gasteiger charge is 2.10. The van der Waals surface area contributed by atoms with E-state index in [0.717, 1.165) is 19.3 Å². The second-order valence-electron chi connectivity index (χ2n) is 4.84. The van der Waals surface area contributed by atoms with Gasteiger partial charge in [0.2, 0.25) is 0 Å². The highest BCUT2D eigenvalue weighted by molar-refractivity contribution is 7.17. The van der Waals surface area contributed by atoms with Crippen LogP contribution >= 0.6 is 11.3 Å². The molecule has 18 heavy (non-hydrogen) atoms. The molecule has 1 aromatic heterocycles. The molecule has 2 unspecified atom stereocenters. The molecule has 1 aromatic carbocycles. The molecule has 2 aromatic rings. The summed E-state index contributed by atoms with van der Waals surface area (Å²) in [7, 11) is 1.75. The van der Waals surface area contributed by atoms with Crippen molar-refractivity contribution in [2.45, 2.75) is 38.3 Å². The van der Waals surface area contributed by atoms with Gasteiger partial charge in [-0.15, -0.1) is 11.3 Å². The lowest BCUT2D eigenvalue weighted by Gasteiger charge is -2.14. The van der Waals surface area contributed by atoms with Gasteiger partial charge in [0.1, 0.15) is 0 Å². The van der Waals surface area contributed by atoms with Gasteiger partial charge in [-0.3, -0.25) is 0 Å². The molecule has 98 valence electrons. The van der Waals surface area contributed by atoms with E-state index >= 15 is 0 Å². The van der Waals surface area contributed by atoms with Gasteiger partial charge in [-0.25, -0.2) is 0 Å². The SMILES string of the molecule is COC(C)CCC(N)Cc1csc2ccccc12. The number of nitrogens with two attached hydrogens (primary N) is 1. The van der Waals surface area contributed by atoms with Crippen molar-refractivity contribution in [1.82, 2.24) is 0 Å². The van der Waals surface area contributed by atoms with E-state index in [2.05, 4.69) is 36.6 Å². The van der Waals surface area contributed by atoms with E-state index in [1.54, 1.807) is 18.4 Å². The van der Waals surface area contributed by atoms with Crippen molar-refractivity contribution < 1.29 is 4.74 Å². The second kappa shape index (κ2) is 6.32. The molecule has 2 N–H and O–H groups in total. The Hall–Kier alpha value is -0.900. The summed E-state index contributed by atoms with van der Waals surface area (Å²) in [5, 5.41) is 3.60. The molecule has 0 aliphatic carbocycles. The maximum Gasteiger partial charge on any atom is 0.0543 e. The standard InChI is InChI=1S/C15H21NOS/c1-11(17-2)7-8-13(16)9-12-10-18-15-6-4-3-5-14(12)15/h3-6,10-11,13H,7-9,16H2,1-2H3. The van der Waals surface area contributed by atoms with Crippen LogP contribution in [0.4, 0.5) is 0 Å². The Kier molecular flexibility index (Phi) is 4.75. The average Bonchev–Trinajstić information content (AvgIpc) is 2.79. The van der Waals surface area contributed by atoms with Gasteiger partial charge in [-0.1, -0.05) is 18.2 Å². The van der Waals surface area contributed by atoms with Crippen molar-refractivity contribution in [2.24, 2.45) is 5.73 Å². The van der Waals surface area contributed by atoms with Gasteiger partial charge in [0.05, 0.1) is 6.10 Å². The lowest BCUT2D eigenvalue weighted by Crippen LogP contribution is -2.24. The van der Waals surface area contributed by atoms with E-state index in [-0.39, 0.29) is 6.04 Å². The van der Waals surface area contributed by atoms with Crippen LogP contribution in [0.2, 0.25) is 0 Å². The third-order valence-corrected chi connectivity index (χ3v) is 4.40. The summed E-state index contributed by atoms with van der Waals surface area (Å²) in [5.74, 6) is 0. The Morgan fingerprint density at radius 2 is 2.06 bits per heavy atom. The zero-order valence-electron chi connectivity index (χ0n) is 11.1. The Morgan fingerprint density at radius 1 is 1.28 bits per heavy atom. The average molecular weight is 263 g/mol. The summed E-state index contributed by atoms with van der Waals surface area (Å²) in [6.07, 6.45) is 3.30. The Balaban J connectivity index is 1.96. The summed E-state index contributed by atoms with van der Waals surface area (Å²) in [5.41, 5.74) is 7.59. The number of rotatable bonds is 6. The molecule has 2 atom stereocenters. The largest absolute Gasteiger partial charge is 0.382 e. The van der Waals surface area contributed by atoms with Crippen LogP contribution in [-0.2, 0) is 11.2 Å². The molecule has 3 heteroatoms. The van der Waals surface area contributed by atoms with E-state index in [9.17, 15) is 0 Å². The number of thiophene rings is 1. The first-order valence-electron chi connectivity index (χ1n) is 6.44. The van der Waals surface area contributed by atoms with Crippen molar-refractivity contribution in [3.8, 4) is 0 Å². The minimum Gasteiger partial charge on any atom is -0.382 e. The lowest BCUT2D eigenvalue weighted by molar-refractivity contribution is 0.107. The molecule has 0 saturated carbocycles. The van der Waals surface area contributed by atoms with Crippen LogP contribution in [0.1, 0.15) is 25.3 Å². The first-order valence-corrected chi connectivity index (χ1v) is 7.32. The molecule has 0 saturated heterocycles. The lowest BCUT2D eigenvalue weighted by atomic mass is 10.0. The smallest absolute Gasteiger partial charge is 0.0543 e. The van der Waals surface area contributed by atoms with Crippen LogP contribution in [0.3, 0.4) is 0 Å². The zero-order chi connectivity index (χ0) is 13.0. The molecule has 0 aliphatic rings. The number of fused-ring (bicyclic) bond motifs is 1. The number of ether oxygens (including phenoxy) is 1. The molecule has 1 heterocycles. The van der Waals surface area contributed by atoms with Gasteiger partial charge in [0.15, 0.2) is 0 Å². The maximum absolute atomic E-state index is 6.21. The molecule has 0 radical (unpaired) electrons. The van der Waals surface area contributed by atoms with Crippen molar-refractivity contribution in [1.29, 1.82) is 0 Å². The third-order valence-electron chi connectivity index (χ3n) is 3.39. The van der Waals surface area contributed by atoms with E-state index in [4.69, 9.17) is 10.5 Å². The fourth-order valence-corrected chi connectivity index (χ4v) is 3.12. The molecule has 0 amide bonds. The van der Waals surface area contributed by atoms with Gasteiger partial charge in [-0.05, 0) is 48.6 Å². The first kappa shape index (κ1) is 13.5. The van der Waals surface area contributed by atoms with Gasteiger partial charge >= 0.3 is 0 Å². The summed E-state index contributed by atoms with van der Waals surface area (Å²) < 4.78 is 6.60. The third kappa shape index (κ3) is 3.31. The van der Waals surface area contributed by atoms with Crippen molar-refractivity contribution in [3.05, 3.63) is 35.2 Å². The number of methoxy groups -OCH3 is 1. The second-order valence-corrected chi connectivity index (χ2v) is 5.76. The molecule has 2 rings (SSSR count). The molecular weight excluding hydrogens is 242 g/mol. The fraction of sp³-hybridized carbons (Fsp3) is 0.467. The van der Waals surface area contributed by atoms with Crippen LogP contribution in [0.25, 0.3) is 10.1 Å². The quantitative estimate of drug-likeness (QED) is 0.864. The zero-order valence-corrected chi connectivity index (χ0v) is 11.9. The number of benzene rings is 1. The van der Waals surface area contributed by atoms with Gasteiger partial charge in [0.25, 0.3) is 0 Å². The summed E-state index contributed by atoms with van der Waals surface area (Å²) in [4.78, 5) is 0. The Morgan fingerprint density at radius 3 is 2.83 bits per heavy atom. The minimum atomic E-state index is 0.223. The number of hydrogen-bond acceptors (Lipinski definition) is 3. The van der Waals surface area contributed by atoms with Crippen LogP contribution in [0.15, 0.2) is 29.6 Å². The van der Waals surface area contributed by atoms with Crippen LogP contribution in [-0.4, -0.2) is 19.3 Å². The minimum absolute atomic E-state index is 0.223. The van der Waals surface area contributed by atoms with Gasteiger partial charge in [-0.2, -0.15) is 0 Å². The van der Waals surface area contributed by atoms with E-state index < -0.39 is 0 Å². The van der Waals surface area contributed by atoms with Crippen LogP contribution in [0.5, 0.6) is 0 Å². The molecule has 0 bridgehead atoms. The summed E-state index contributed by atoms with van der Waals surface area (Å²) in [6, 6.07) is 8.76. The highest BCUT2D eigenvalue weighted by atomic mass is 32.1.